The van der Waals surface area contributed by atoms with Crippen LogP contribution in [0.25, 0.3) is 0 Å². The van der Waals surface area contributed by atoms with E-state index in [0.717, 1.165) is 19.6 Å². The lowest BCUT2D eigenvalue weighted by atomic mass is 10.4. The highest BCUT2D eigenvalue weighted by Crippen LogP contribution is 2.21. The number of ether oxygens (including phenoxy) is 1. The van der Waals surface area contributed by atoms with Gasteiger partial charge in [0, 0.05) is 13.2 Å². The molecule has 0 unspecified atom stereocenters. The van der Waals surface area contributed by atoms with E-state index in [1.807, 2.05) is 0 Å². The van der Waals surface area contributed by atoms with Gasteiger partial charge >= 0.3 is 0 Å². The molecule has 86 valence electrons. The van der Waals surface area contributed by atoms with Gasteiger partial charge in [-0.25, -0.2) is 0 Å². The molecule has 14 heavy (non-hydrogen) atoms. The maximum atomic E-state index is 5.93. The summed E-state index contributed by atoms with van der Waals surface area (Å²) in [5, 5.41) is 0. The van der Waals surface area contributed by atoms with Crippen molar-refractivity contribution >= 4 is 8.32 Å². The fourth-order valence-corrected chi connectivity index (χ4v) is 1.88. The van der Waals surface area contributed by atoms with Gasteiger partial charge in [-0.2, -0.15) is 0 Å². The molecule has 0 saturated heterocycles. The number of hydrogen-bond donors (Lipinski definition) is 0. The lowest BCUT2D eigenvalue weighted by molar-refractivity contribution is 0.0686. The Labute approximate surface area is 90.1 Å². The van der Waals surface area contributed by atoms with E-state index in [-0.39, 0.29) is 0 Å². The summed E-state index contributed by atoms with van der Waals surface area (Å²) in [6, 6.07) is 0. The zero-order chi connectivity index (χ0) is 11.2. The van der Waals surface area contributed by atoms with E-state index in [0.29, 0.717) is 11.6 Å². The highest BCUT2D eigenvalue weighted by atomic mass is 28.4. The van der Waals surface area contributed by atoms with E-state index < -0.39 is 8.32 Å². The second kappa shape index (κ2) is 6.59. The molecule has 0 bridgehead atoms. The molecular weight excluding hydrogens is 192 g/mol. The predicted octanol–water partition coefficient (Wildman–Crippen LogP) is 3.43. The van der Waals surface area contributed by atoms with Gasteiger partial charge in [0.1, 0.15) is 0 Å². The molecule has 0 saturated carbocycles. The van der Waals surface area contributed by atoms with Gasteiger partial charge in [0.15, 0.2) is 8.32 Å². The van der Waals surface area contributed by atoms with Gasteiger partial charge in [-0.15, -0.1) is 0 Å². The molecule has 0 N–H and O–H groups in total. The normalized spacial score (nSPS) is 12.9. The zero-order valence-electron chi connectivity index (χ0n) is 10.6. The molecule has 0 heterocycles. The Bertz CT molecular complexity index is 144. The quantitative estimate of drug-likeness (QED) is 0.481. The van der Waals surface area contributed by atoms with Crippen molar-refractivity contribution in [3.05, 3.63) is 0 Å². The second-order valence-electron chi connectivity index (χ2n) is 4.88. The van der Waals surface area contributed by atoms with Gasteiger partial charge in [0.25, 0.3) is 0 Å². The SMILES string of the molecule is CC(C)OCCCO[Si](C)(C)C(C)C. The summed E-state index contributed by atoms with van der Waals surface area (Å²) in [4.78, 5) is 0. The lowest BCUT2D eigenvalue weighted by Gasteiger charge is -2.26. The molecule has 0 aliphatic rings. The van der Waals surface area contributed by atoms with Gasteiger partial charge in [0.05, 0.1) is 6.10 Å². The molecule has 0 aromatic rings. The Kier molecular flexibility index (Phi) is 6.65. The Morgan fingerprint density at radius 1 is 1.00 bits per heavy atom. The Morgan fingerprint density at radius 3 is 2.00 bits per heavy atom. The molecule has 0 fully saturated rings. The number of hydrogen-bond acceptors (Lipinski definition) is 2. The third kappa shape index (κ3) is 6.57. The predicted molar refractivity (Wildman–Crippen MR) is 64.2 cm³/mol. The molecule has 0 rings (SSSR count). The summed E-state index contributed by atoms with van der Waals surface area (Å²) in [5.41, 5.74) is 0.688. The van der Waals surface area contributed by atoms with Gasteiger partial charge in [-0.3, -0.25) is 0 Å². The third-order valence-electron chi connectivity index (χ3n) is 2.60. The van der Waals surface area contributed by atoms with Crippen LogP contribution < -0.4 is 0 Å². The Morgan fingerprint density at radius 2 is 1.57 bits per heavy atom. The van der Waals surface area contributed by atoms with E-state index in [1.54, 1.807) is 0 Å². The lowest BCUT2D eigenvalue weighted by Crippen LogP contribution is -2.34. The van der Waals surface area contributed by atoms with E-state index in [2.05, 4.69) is 40.8 Å². The first-order valence-corrected chi connectivity index (χ1v) is 8.60. The van der Waals surface area contributed by atoms with Gasteiger partial charge in [-0.05, 0) is 38.9 Å². The standard InChI is InChI=1S/C11H26O2Si/c1-10(2)12-8-7-9-13-14(5,6)11(3)4/h10-11H,7-9H2,1-6H3. The van der Waals surface area contributed by atoms with Crippen molar-refractivity contribution in [2.45, 2.75) is 58.9 Å². The Hall–Kier alpha value is 0.137. The minimum atomic E-state index is -1.41. The van der Waals surface area contributed by atoms with Crippen molar-refractivity contribution in [2.75, 3.05) is 13.2 Å². The monoisotopic (exact) mass is 218 g/mol. The largest absolute Gasteiger partial charge is 0.417 e. The molecule has 0 spiro atoms. The van der Waals surface area contributed by atoms with Crippen molar-refractivity contribution in [3.8, 4) is 0 Å². The molecule has 0 amide bonds. The average Bonchev–Trinajstić information content (AvgIpc) is 2.02. The van der Waals surface area contributed by atoms with Crippen LogP contribution in [0.4, 0.5) is 0 Å². The van der Waals surface area contributed by atoms with Crippen LogP contribution in [-0.2, 0) is 9.16 Å². The minimum absolute atomic E-state index is 0.338. The first-order chi connectivity index (χ1) is 6.36. The summed E-state index contributed by atoms with van der Waals surface area (Å²) < 4.78 is 11.4. The van der Waals surface area contributed by atoms with Gasteiger partial charge in [0.2, 0.25) is 0 Å². The van der Waals surface area contributed by atoms with Crippen LogP contribution in [0.1, 0.15) is 34.1 Å². The molecule has 0 aliphatic carbocycles. The molecule has 0 radical (unpaired) electrons. The van der Waals surface area contributed by atoms with Crippen molar-refractivity contribution in [3.63, 3.8) is 0 Å². The zero-order valence-corrected chi connectivity index (χ0v) is 11.6. The van der Waals surface area contributed by atoms with E-state index in [1.165, 1.54) is 0 Å². The summed E-state index contributed by atoms with van der Waals surface area (Å²) in [5.74, 6) is 0. The van der Waals surface area contributed by atoms with Crippen LogP contribution in [-0.4, -0.2) is 27.6 Å². The van der Waals surface area contributed by atoms with Crippen LogP contribution >= 0.6 is 0 Å². The minimum Gasteiger partial charge on any atom is -0.417 e. The van der Waals surface area contributed by atoms with Crippen LogP contribution in [0.5, 0.6) is 0 Å². The Balaban J connectivity index is 3.45. The fourth-order valence-electron chi connectivity index (χ4n) is 0.880. The average molecular weight is 218 g/mol. The van der Waals surface area contributed by atoms with Crippen molar-refractivity contribution in [1.29, 1.82) is 0 Å². The fraction of sp³-hybridized carbons (Fsp3) is 1.00. The summed E-state index contributed by atoms with van der Waals surface area (Å²) in [6.07, 6.45) is 1.35. The summed E-state index contributed by atoms with van der Waals surface area (Å²) >= 11 is 0. The van der Waals surface area contributed by atoms with Gasteiger partial charge < -0.3 is 9.16 Å². The second-order valence-corrected chi connectivity index (χ2v) is 9.53. The van der Waals surface area contributed by atoms with Gasteiger partial charge in [-0.1, -0.05) is 13.8 Å². The molecule has 3 heteroatoms. The van der Waals surface area contributed by atoms with Crippen molar-refractivity contribution in [2.24, 2.45) is 0 Å². The molecule has 0 aromatic heterocycles. The van der Waals surface area contributed by atoms with Crippen LogP contribution in [0.15, 0.2) is 0 Å². The van der Waals surface area contributed by atoms with Crippen molar-refractivity contribution < 1.29 is 9.16 Å². The maximum absolute atomic E-state index is 5.93. The molecule has 0 aromatic carbocycles. The summed E-state index contributed by atoms with van der Waals surface area (Å²) in [7, 11) is -1.41. The first-order valence-electron chi connectivity index (χ1n) is 5.62. The number of rotatable bonds is 7. The molecule has 2 nitrogen and oxygen atoms in total. The van der Waals surface area contributed by atoms with Crippen LogP contribution in [0, 0.1) is 0 Å². The highest BCUT2D eigenvalue weighted by Gasteiger charge is 2.26. The van der Waals surface area contributed by atoms with Crippen LogP contribution in [0.2, 0.25) is 18.6 Å². The maximum Gasteiger partial charge on any atom is 0.189 e. The smallest absolute Gasteiger partial charge is 0.189 e. The van der Waals surface area contributed by atoms with Crippen molar-refractivity contribution in [1.82, 2.24) is 0 Å². The van der Waals surface area contributed by atoms with E-state index in [4.69, 9.17) is 9.16 Å². The molecule has 0 atom stereocenters. The van der Waals surface area contributed by atoms with E-state index in [9.17, 15) is 0 Å². The van der Waals surface area contributed by atoms with E-state index >= 15 is 0 Å². The highest BCUT2D eigenvalue weighted by molar-refractivity contribution is 6.72. The molecule has 0 aliphatic heterocycles. The molecular formula is C11H26O2Si. The summed E-state index contributed by atoms with van der Waals surface area (Å²) in [6.45, 7) is 14.8. The third-order valence-corrected chi connectivity index (χ3v) is 6.33. The topological polar surface area (TPSA) is 18.5 Å². The first kappa shape index (κ1) is 14.1. The van der Waals surface area contributed by atoms with Crippen LogP contribution in [0.3, 0.4) is 0 Å².